The molecule has 27 heavy (non-hydrogen) atoms. The van der Waals surface area contributed by atoms with Crippen molar-refractivity contribution in [2.24, 2.45) is 0 Å². The van der Waals surface area contributed by atoms with Gasteiger partial charge in [0.25, 0.3) is 5.91 Å². The first kappa shape index (κ1) is 21.5. The van der Waals surface area contributed by atoms with Crippen LogP contribution in [0.1, 0.15) is 30.1 Å². The van der Waals surface area contributed by atoms with E-state index >= 15 is 0 Å². The van der Waals surface area contributed by atoms with E-state index in [2.05, 4.69) is 10.8 Å². The number of carbonyl (C=O) groups is 1. The fraction of sp³-hybridized carbons (Fsp3) is 0.278. The normalized spacial score (nSPS) is 11.9. The summed E-state index contributed by atoms with van der Waals surface area (Å²) in [6, 6.07) is 5.99. The Kier molecular flexibility index (Phi) is 7.87. The van der Waals surface area contributed by atoms with Crippen LogP contribution in [0.2, 0.25) is 0 Å². The van der Waals surface area contributed by atoms with Gasteiger partial charge in [0.1, 0.15) is 5.82 Å². The minimum absolute atomic E-state index is 0.0406. The van der Waals surface area contributed by atoms with Crippen LogP contribution in [0.25, 0.3) is 0 Å². The number of amides is 1. The van der Waals surface area contributed by atoms with E-state index in [0.29, 0.717) is 16.4 Å². The van der Waals surface area contributed by atoms with Crippen molar-refractivity contribution in [2.45, 2.75) is 25.9 Å². The minimum Gasteiger partial charge on any atom is -0.393 e. The van der Waals surface area contributed by atoms with Crippen LogP contribution in [0.4, 0.5) is 24.5 Å². The standard InChI is InChI=1S/C18H18F3IN2O3/c1-2-11(25)7-8-27-24-18(26)12-4-5-13(19)16(21)17(12)23-15-6-3-10(22)9-14(15)20/h3-6,9,11,23,25H,2,7-8H2,1H3,(H,24,26). The van der Waals surface area contributed by atoms with E-state index in [1.807, 2.05) is 22.6 Å². The average Bonchev–Trinajstić information content (AvgIpc) is 2.64. The Balaban J connectivity index is 2.19. The van der Waals surface area contributed by atoms with Gasteiger partial charge in [-0.1, -0.05) is 6.92 Å². The molecule has 0 radical (unpaired) electrons. The molecule has 0 saturated carbocycles. The van der Waals surface area contributed by atoms with Gasteiger partial charge in [0.15, 0.2) is 11.6 Å². The van der Waals surface area contributed by atoms with Crippen LogP contribution >= 0.6 is 22.6 Å². The van der Waals surface area contributed by atoms with E-state index in [0.717, 1.165) is 12.1 Å². The highest BCUT2D eigenvalue weighted by Crippen LogP contribution is 2.28. The van der Waals surface area contributed by atoms with E-state index in [1.165, 1.54) is 12.1 Å². The molecule has 0 aliphatic carbocycles. The zero-order chi connectivity index (χ0) is 20.0. The fourth-order valence-electron chi connectivity index (χ4n) is 2.16. The van der Waals surface area contributed by atoms with Crippen LogP contribution in [0.15, 0.2) is 30.3 Å². The third-order valence-corrected chi connectivity index (χ3v) is 4.39. The molecule has 9 heteroatoms. The Morgan fingerprint density at radius 1 is 1.22 bits per heavy atom. The van der Waals surface area contributed by atoms with Crippen molar-refractivity contribution in [3.63, 3.8) is 0 Å². The second-order valence-electron chi connectivity index (χ2n) is 5.66. The fourth-order valence-corrected chi connectivity index (χ4v) is 2.61. The van der Waals surface area contributed by atoms with Crippen LogP contribution in [-0.4, -0.2) is 23.7 Å². The van der Waals surface area contributed by atoms with Gasteiger partial charge in [-0.25, -0.2) is 18.7 Å². The molecule has 146 valence electrons. The van der Waals surface area contributed by atoms with Gasteiger partial charge in [-0.3, -0.25) is 9.63 Å². The van der Waals surface area contributed by atoms with Crippen molar-refractivity contribution in [3.05, 3.63) is 56.9 Å². The zero-order valence-electron chi connectivity index (χ0n) is 14.4. The van der Waals surface area contributed by atoms with Crippen LogP contribution < -0.4 is 10.8 Å². The second kappa shape index (κ2) is 9.90. The largest absolute Gasteiger partial charge is 0.393 e. The van der Waals surface area contributed by atoms with E-state index in [-0.39, 0.29) is 17.9 Å². The average molecular weight is 494 g/mol. The maximum atomic E-state index is 14.2. The van der Waals surface area contributed by atoms with Crippen molar-refractivity contribution in [3.8, 4) is 0 Å². The number of rotatable bonds is 8. The van der Waals surface area contributed by atoms with E-state index < -0.39 is 35.2 Å². The molecule has 1 amide bonds. The summed E-state index contributed by atoms with van der Waals surface area (Å²) in [6.07, 6.45) is 0.273. The molecule has 0 aliphatic rings. The number of hydrogen-bond acceptors (Lipinski definition) is 4. The topological polar surface area (TPSA) is 70.6 Å². The molecule has 0 saturated heterocycles. The number of anilines is 2. The highest BCUT2D eigenvalue weighted by Gasteiger charge is 2.20. The molecule has 0 bridgehead atoms. The number of hydroxylamine groups is 1. The van der Waals surface area contributed by atoms with Crippen LogP contribution in [0, 0.1) is 21.0 Å². The lowest BCUT2D eigenvalue weighted by Gasteiger charge is -2.15. The molecule has 2 aromatic carbocycles. The highest BCUT2D eigenvalue weighted by molar-refractivity contribution is 14.1. The monoisotopic (exact) mass is 494 g/mol. The smallest absolute Gasteiger partial charge is 0.277 e. The molecule has 0 aromatic heterocycles. The van der Waals surface area contributed by atoms with Gasteiger partial charge >= 0.3 is 0 Å². The van der Waals surface area contributed by atoms with Gasteiger partial charge in [-0.15, -0.1) is 0 Å². The first-order chi connectivity index (χ1) is 12.8. The number of benzene rings is 2. The number of carbonyl (C=O) groups excluding carboxylic acids is 1. The zero-order valence-corrected chi connectivity index (χ0v) is 16.5. The summed E-state index contributed by atoms with van der Waals surface area (Å²) in [6.45, 7) is 1.84. The van der Waals surface area contributed by atoms with Crippen molar-refractivity contribution < 1.29 is 27.9 Å². The highest BCUT2D eigenvalue weighted by atomic mass is 127. The van der Waals surface area contributed by atoms with Crippen LogP contribution in [0.5, 0.6) is 0 Å². The molecule has 3 N–H and O–H groups in total. The Morgan fingerprint density at radius 3 is 2.63 bits per heavy atom. The predicted octanol–water partition coefficient (Wildman–Crippen LogP) is 4.27. The van der Waals surface area contributed by atoms with Crippen molar-refractivity contribution in [1.82, 2.24) is 5.48 Å². The Morgan fingerprint density at radius 2 is 1.96 bits per heavy atom. The van der Waals surface area contributed by atoms with E-state index in [9.17, 15) is 23.1 Å². The molecule has 0 spiro atoms. The van der Waals surface area contributed by atoms with Gasteiger partial charge in [0, 0.05) is 3.57 Å². The lowest BCUT2D eigenvalue weighted by molar-refractivity contribution is 0.0161. The van der Waals surface area contributed by atoms with Gasteiger partial charge in [-0.05, 0) is 65.8 Å². The Bertz CT molecular complexity index is 821. The third kappa shape index (κ3) is 5.81. The predicted molar refractivity (Wildman–Crippen MR) is 103 cm³/mol. The number of aliphatic hydroxyl groups excluding tert-OH is 1. The first-order valence-electron chi connectivity index (χ1n) is 8.13. The van der Waals surface area contributed by atoms with Gasteiger partial charge in [0.2, 0.25) is 0 Å². The lowest BCUT2D eigenvalue weighted by atomic mass is 10.1. The summed E-state index contributed by atoms with van der Waals surface area (Å²) < 4.78 is 42.5. The van der Waals surface area contributed by atoms with E-state index in [1.54, 1.807) is 13.0 Å². The molecule has 0 fully saturated rings. The summed E-state index contributed by atoms with van der Waals surface area (Å²) in [4.78, 5) is 17.2. The summed E-state index contributed by atoms with van der Waals surface area (Å²) >= 11 is 1.91. The molecular formula is C18H18F3IN2O3. The molecule has 0 heterocycles. The maximum absolute atomic E-state index is 14.2. The Labute approximate surface area is 168 Å². The van der Waals surface area contributed by atoms with Crippen molar-refractivity contribution in [2.75, 3.05) is 11.9 Å². The number of halogens is 4. The van der Waals surface area contributed by atoms with Gasteiger partial charge in [0.05, 0.1) is 29.6 Å². The summed E-state index contributed by atoms with van der Waals surface area (Å²) in [5.41, 5.74) is 1.22. The summed E-state index contributed by atoms with van der Waals surface area (Å²) in [7, 11) is 0. The third-order valence-electron chi connectivity index (χ3n) is 3.72. The first-order valence-corrected chi connectivity index (χ1v) is 9.21. The molecule has 5 nitrogen and oxygen atoms in total. The van der Waals surface area contributed by atoms with E-state index in [4.69, 9.17) is 4.84 Å². The molecule has 1 atom stereocenters. The van der Waals surface area contributed by atoms with Crippen LogP contribution in [0.3, 0.4) is 0 Å². The Hall–Kier alpha value is -1.85. The van der Waals surface area contributed by atoms with Gasteiger partial charge < -0.3 is 10.4 Å². The molecular weight excluding hydrogens is 476 g/mol. The molecule has 1 unspecified atom stereocenters. The SMILES string of the molecule is CCC(O)CCONC(=O)c1ccc(F)c(F)c1Nc1ccc(I)cc1F. The van der Waals surface area contributed by atoms with Crippen LogP contribution in [-0.2, 0) is 4.84 Å². The van der Waals surface area contributed by atoms with Gasteiger partial charge in [-0.2, -0.15) is 0 Å². The number of aliphatic hydroxyl groups is 1. The second-order valence-corrected chi connectivity index (χ2v) is 6.91. The minimum atomic E-state index is -1.32. The quantitative estimate of drug-likeness (QED) is 0.291. The lowest BCUT2D eigenvalue weighted by Crippen LogP contribution is -2.26. The number of nitrogens with one attached hydrogen (secondary N) is 2. The summed E-state index contributed by atoms with van der Waals surface area (Å²) in [5.74, 6) is -4.02. The molecule has 2 aromatic rings. The van der Waals surface area contributed by atoms with Crippen molar-refractivity contribution >= 4 is 39.9 Å². The van der Waals surface area contributed by atoms with Crippen molar-refractivity contribution in [1.29, 1.82) is 0 Å². The summed E-state index contributed by atoms with van der Waals surface area (Å²) in [5, 5.41) is 11.9. The molecule has 2 rings (SSSR count). The number of hydrogen-bond donors (Lipinski definition) is 3. The maximum Gasteiger partial charge on any atom is 0.277 e. The molecule has 0 aliphatic heterocycles.